The Bertz CT molecular complexity index is 974. The third kappa shape index (κ3) is 3.81. The van der Waals surface area contributed by atoms with E-state index < -0.39 is 23.1 Å². The van der Waals surface area contributed by atoms with Crippen LogP contribution in [0.25, 0.3) is 0 Å². The highest BCUT2D eigenvalue weighted by Crippen LogP contribution is 2.46. The lowest BCUT2D eigenvalue weighted by Crippen LogP contribution is -2.66. The van der Waals surface area contributed by atoms with Crippen LogP contribution >= 0.6 is 0 Å². The van der Waals surface area contributed by atoms with Crippen LogP contribution in [0, 0.1) is 0 Å². The molecule has 0 radical (unpaired) electrons. The molecule has 3 amide bonds. The van der Waals surface area contributed by atoms with E-state index >= 15 is 0 Å². The zero-order valence-corrected chi connectivity index (χ0v) is 19.3. The maximum atomic E-state index is 14.0. The second kappa shape index (κ2) is 8.65. The number of esters is 1. The second-order valence-corrected chi connectivity index (χ2v) is 9.29. The van der Waals surface area contributed by atoms with Crippen LogP contribution in [0.1, 0.15) is 38.2 Å². The van der Waals surface area contributed by atoms with Crippen molar-refractivity contribution in [1.29, 1.82) is 0 Å². The van der Waals surface area contributed by atoms with Gasteiger partial charge < -0.3 is 19.4 Å². The van der Waals surface area contributed by atoms with Gasteiger partial charge in [-0.1, -0.05) is 36.9 Å². The number of benzene rings is 1. The number of nitrogens with zero attached hydrogens (tertiary/aromatic N) is 3. The Morgan fingerprint density at radius 3 is 2.39 bits per heavy atom. The Morgan fingerprint density at radius 2 is 1.79 bits per heavy atom. The molecule has 176 valence electrons. The van der Waals surface area contributed by atoms with E-state index in [1.165, 1.54) is 13.2 Å². The van der Waals surface area contributed by atoms with Crippen LogP contribution in [0.15, 0.2) is 43.0 Å². The first-order chi connectivity index (χ1) is 15.8. The van der Waals surface area contributed by atoms with E-state index in [0.717, 1.165) is 5.56 Å². The highest BCUT2D eigenvalue weighted by Gasteiger charge is 2.61. The Balaban J connectivity index is 1.67. The average molecular weight is 454 g/mol. The molecule has 2 heterocycles. The van der Waals surface area contributed by atoms with Crippen molar-refractivity contribution in [3.05, 3.63) is 48.6 Å². The maximum absolute atomic E-state index is 14.0. The average Bonchev–Trinajstić information content (AvgIpc) is 3.52. The van der Waals surface area contributed by atoms with Gasteiger partial charge in [-0.15, -0.1) is 0 Å². The lowest BCUT2D eigenvalue weighted by Gasteiger charge is -2.45. The molecule has 2 saturated heterocycles. The highest BCUT2D eigenvalue weighted by atomic mass is 16.5. The third-order valence-electron chi connectivity index (χ3n) is 7.37. The molecule has 0 bridgehead atoms. The van der Waals surface area contributed by atoms with Gasteiger partial charge in [0.2, 0.25) is 17.7 Å². The van der Waals surface area contributed by atoms with Gasteiger partial charge in [-0.05, 0) is 44.2 Å². The summed E-state index contributed by atoms with van der Waals surface area (Å²) in [6.07, 6.45) is 3.94. The van der Waals surface area contributed by atoms with Crippen molar-refractivity contribution in [2.45, 2.75) is 56.1 Å². The van der Waals surface area contributed by atoms with E-state index in [1.54, 1.807) is 21.6 Å². The normalized spacial score (nSPS) is 24.5. The largest absolute Gasteiger partial charge is 0.467 e. The first kappa shape index (κ1) is 23.0. The number of piperazine rings is 1. The minimum atomic E-state index is -1.05. The molecule has 33 heavy (non-hydrogen) atoms. The molecule has 3 fully saturated rings. The molecule has 0 N–H and O–H groups in total. The number of hydrogen-bond donors (Lipinski definition) is 0. The smallest absolute Gasteiger partial charge is 0.331 e. The van der Waals surface area contributed by atoms with Crippen molar-refractivity contribution >= 4 is 23.7 Å². The number of rotatable bonds is 6. The molecule has 1 aliphatic carbocycles. The summed E-state index contributed by atoms with van der Waals surface area (Å²) in [6, 6.07) is 8.79. The van der Waals surface area contributed by atoms with Crippen molar-refractivity contribution in [2.24, 2.45) is 0 Å². The van der Waals surface area contributed by atoms with Gasteiger partial charge in [-0.25, -0.2) is 4.79 Å². The van der Waals surface area contributed by atoms with E-state index in [1.807, 2.05) is 30.3 Å². The van der Waals surface area contributed by atoms with E-state index in [4.69, 9.17) is 4.74 Å². The van der Waals surface area contributed by atoms with Gasteiger partial charge >= 0.3 is 5.97 Å². The van der Waals surface area contributed by atoms with Gasteiger partial charge in [0.05, 0.1) is 7.11 Å². The highest BCUT2D eigenvalue weighted by molar-refractivity contribution is 6.00. The van der Waals surface area contributed by atoms with Gasteiger partial charge in [0.1, 0.15) is 17.1 Å². The van der Waals surface area contributed by atoms with Gasteiger partial charge in [0.25, 0.3) is 0 Å². The van der Waals surface area contributed by atoms with Crippen LogP contribution in [0.3, 0.4) is 0 Å². The van der Waals surface area contributed by atoms with Crippen LogP contribution < -0.4 is 0 Å². The fourth-order valence-electron chi connectivity index (χ4n) is 5.33. The number of ether oxygens (including phenoxy) is 1. The summed E-state index contributed by atoms with van der Waals surface area (Å²) in [5, 5.41) is 0. The van der Waals surface area contributed by atoms with Crippen molar-refractivity contribution in [3.8, 4) is 0 Å². The molecule has 3 aliphatic rings. The first-order valence-electron chi connectivity index (χ1n) is 11.5. The molecule has 1 aromatic carbocycles. The van der Waals surface area contributed by atoms with Gasteiger partial charge in [0, 0.05) is 26.1 Å². The zero-order chi connectivity index (χ0) is 23.8. The Morgan fingerprint density at radius 1 is 1.09 bits per heavy atom. The standard InChI is InChI=1S/C25H31N3O5/c1-4-20(29)27-16-15-26(22(31)25(27)12-13-25)19(17-18-9-6-5-7-10-18)21(30)28-14-8-11-24(28,2)23(32)33-3/h4-7,9-10,19H,1,8,11-17H2,2-3H3/t19-,24-/m0/s1. The van der Waals surface area contributed by atoms with Gasteiger partial charge in [-0.2, -0.15) is 0 Å². The lowest BCUT2D eigenvalue weighted by molar-refractivity contribution is -0.164. The van der Waals surface area contributed by atoms with Crippen LogP contribution in [-0.2, 0) is 30.3 Å². The summed E-state index contributed by atoms with van der Waals surface area (Å²) in [7, 11) is 1.33. The predicted molar refractivity (Wildman–Crippen MR) is 121 cm³/mol. The zero-order valence-electron chi connectivity index (χ0n) is 19.3. The van der Waals surface area contributed by atoms with E-state index in [9.17, 15) is 19.2 Å². The summed E-state index contributed by atoms with van der Waals surface area (Å²) in [5.41, 5.74) is -1.01. The van der Waals surface area contributed by atoms with Crippen LogP contribution in [0.2, 0.25) is 0 Å². The molecule has 1 saturated carbocycles. The molecule has 8 nitrogen and oxygen atoms in total. The Hall–Kier alpha value is -3.16. The molecular formula is C25H31N3O5. The SMILES string of the molecule is C=CC(=O)N1CCN([C@@H](Cc2ccccc2)C(=O)N2CCC[C@@]2(C)C(=O)OC)C(=O)C12CC2. The molecule has 0 aromatic heterocycles. The number of hydrogen-bond acceptors (Lipinski definition) is 5. The fourth-order valence-corrected chi connectivity index (χ4v) is 5.33. The molecule has 2 aliphatic heterocycles. The topological polar surface area (TPSA) is 87.2 Å². The number of carbonyl (C=O) groups excluding carboxylic acids is 4. The molecule has 4 rings (SSSR count). The summed E-state index contributed by atoms with van der Waals surface area (Å²) < 4.78 is 5.01. The van der Waals surface area contributed by atoms with Crippen molar-refractivity contribution in [1.82, 2.24) is 14.7 Å². The summed E-state index contributed by atoms with van der Waals surface area (Å²) in [5.74, 6) is -1.16. The van der Waals surface area contributed by atoms with Gasteiger partial charge in [-0.3, -0.25) is 14.4 Å². The molecule has 0 unspecified atom stereocenters. The monoisotopic (exact) mass is 453 g/mol. The summed E-state index contributed by atoms with van der Waals surface area (Å²) >= 11 is 0. The predicted octanol–water partition coefficient (Wildman–Crippen LogP) is 1.54. The van der Waals surface area contributed by atoms with E-state index in [2.05, 4.69) is 6.58 Å². The second-order valence-electron chi connectivity index (χ2n) is 9.29. The molecule has 8 heteroatoms. The number of amides is 3. The number of carbonyl (C=O) groups is 4. The van der Waals surface area contributed by atoms with E-state index in [0.29, 0.717) is 45.2 Å². The number of methoxy groups -OCH3 is 1. The Labute approximate surface area is 194 Å². The van der Waals surface area contributed by atoms with Crippen molar-refractivity contribution < 1.29 is 23.9 Å². The molecular weight excluding hydrogens is 422 g/mol. The molecule has 2 atom stereocenters. The van der Waals surface area contributed by atoms with Crippen LogP contribution in [0.5, 0.6) is 0 Å². The van der Waals surface area contributed by atoms with Gasteiger partial charge in [0.15, 0.2) is 0 Å². The lowest BCUT2D eigenvalue weighted by atomic mass is 9.95. The third-order valence-corrected chi connectivity index (χ3v) is 7.37. The summed E-state index contributed by atoms with van der Waals surface area (Å²) in [6.45, 7) is 6.34. The van der Waals surface area contributed by atoms with Crippen molar-refractivity contribution in [3.63, 3.8) is 0 Å². The fraction of sp³-hybridized carbons (Fsp3) is 0.520. The molecule has 1 aromatic rings. The minimum Gasteiger partial charge on any atom is -0.467 e. The van der Waals surface area contributed by atoms with E-state index in [-0.39, 0.29) is 24.3 Å². The number of likely N-dealkylation sites (tertiary alicyclic amines) is 1. The first-order valence-corrected chi connectivity index (χ1v) is 11.5. The maximum Gasteiger partial charge on any atom is 0.331 e. The van der Waals surface area contributed by atoms with Crippen LogP contribution in [-0.4, -0.2) is 82.3 Å². The van der Waals surface area contributed by atoms with Crippen molar-refractivity contribution in [2.75, 3.05) is 26.7 Å². The Kier molecular flexibility index (Phi) is 6.03. The minimum absolute atomic E-state index is 0.197. The summed E-state index contributed by atoms with van der Waals surface area (Å²) in [4.78, 5) is 57.4. The van der Waals surface area contributed by atoms with Crippen LogP contribution in [0.4, 0.5) is 0 Å². The molecule has 1 spiro atoms. The quantitative estimate of drug-likeness (QED) is 0.482.